The predicted molar refractivity (Wildman–Crippen MR) is 511 cm³/mol. The Bertz CT molecular complexity index is 5270. The molecule has 8 bridgehead atoms. The third kappa shape index (κ3) is 23.6. The molecule has 17 rings (SSSR count). The molecule has 0 amide bonds. The van der Waals surface area contributed by atoms with Crippen LogP contribution in [0.25, 0.3) is 89.7 Å². The zero-order valence-electron chi connectivity index (χ0n) is 75.3. The van der Waals surface area contributed by atoms with E-state index in [0.717, 1.165) is 376 Å². The van der Waals surface area contributed by atoms with Crippen molar-refractivity contribution in [3.8, 4) is 45.6 Å². The van der Waals surface area contributed by atoms with Crippen molar-refractivity contribution >= 4 is 44.1 Å². The Labute approximate surface area is 753 Å². The molecule has 24 heteroatoms. The van der Waals surface area contributed by atoms with Crippen LogP contribution in [0.3, 0.4) is 0 Å². The Morgan fingerprint density at radius 3 is 0.492 bits per heavy atom. The van der Waals surface area contributed by atoms with Crippen molar-refractivity contribution in [3.63, 3.8) is 0 Å². The van der Waals surface area contributed by atoms with Gasteiger partial charge in [0.15, 0.2) is 23.3 Å². The van der Waals surface area contributed by atoms with Gasteiger partial charge in [0.25, 0.3) is 0 Å². The summed E-state index contributed by atoms with van der Waals surface area (Å²) in [6.45, 7) is 7.68. The van der Waals surface area contributed by atoms with Crippen LogP contribution in [0.4, 0.5) is 0 Å². The molecule has 4 aromatic carbocycles. The monoisotopic (exact) mass is 1720 g/mol. The maximum Gasteiger partial charge on any atom is 0.165 e. The molecule has 2 N–H and O–H groups in total. The summed E-state index contributed by atoms with van der Waals surface area (Å²) < 4.78 is 17.6. The van der Waals surface area contributed by atoms with Crippen molar-refractivity contribution in [2.24, 2.45) is 0 Å². The average Bonchev–Trinajstić information content (AvgIpc) is 1.57. The van der Waals surface area contributed by atoms with E-state index in [1.54, 1.807) is 0 Å². The van der Waals surface area contributed by atoms with E-state index in [0.29, 0.717) is 23.3 Å². The second-order valence-corrected chi connectivity index (χ2v) is 35.9. The van der Waals surface area contributed by atoms with E-state index in [9.17, 15) is 0 Å². The van der Waals surface area contributed by atoms with Gasteiger partial charge in [0.1, 0.15) is 22.6 Å². The molecule has 15 aromatic rings. The van der Waals surface area contributed by atoms with Gasteiger partial charge >= 0.3 is 0 Å². The number of imidazole rings is 8. The second-order valence-electron chi connectivity index (χ2n) is 35.9. The molecule has 0 aliphatic carbocycles. The molecule has 2 aliphatic heterocycles. The summed E-state index contributed by atoms with van der Waals surface area (Å²) in [5.41, 5.74) is 17.7. The lowest BCUT2D eigenvalue weighted by Gasteiger charge is -2.14. The quantitative estimate of drug-likeness (QED) is 0.0336. The first-order valence-corrected chi connectivity index (χ1v) is 48.6. The first-order valence-electron chi connectivity index (χ1n) is 48.6. The number of aryl methyl sites for hydroxylation is 16. The molecule has 13 heterocycles. The smallest absolute Gasteiger partial charge is 0.165 e. The fraction of sp³-hybridized carbons (Fsp3) is 0.462. The van der Waals surface area contributed by atoms with Crippen LogP contribution in [0.1, 0.15) is 250 Å². The number of hydrogen-bond donors (Lipinski definition) is 2. The van der Waals surface area contributed by atoms with Gasteiger partial charge in [0, 0.05) is 195 Å². The highest BCUT2D eigenvalue weighted by Crippen LogP contribution is 2.45. The standard InChI is InChI=1S/C104H130N24/c1(9-25-57-121-65-49-105-73-121)17-33-81-41-42-82(34-18-2-10-26-58-122-66-50-106-74-122)90-89(81)97-113-98(90)118-100-93-85(37-21-5-13-29-61-125-69-53-109-77-125)45-46-86(38-22-6-14-30-62-126-70-54-110-78-126)94(93)102(115-100)120-104-96-88(40-24-8-16-32-64-128-72-56-112-80-128)48-47-87(39-23-7-15-31-63-127-71-55-111-79-127)95(96)103(116-104)119-101-92-84(36-20-4-12-28-60-124-68-52-108-76-124)44-43-83(91(92)99(114-101)117-97)35-19-3-11-27-59-123-67-51-107-75-123/h41-56,65-80H,1-40,57-64H2,(H2,113,114,115,116,117,118,119,120). The average molecular weight is 1720 g/mol. The van der Waals surface area contributed by atoms with Gasteiger partial charge in [0.05, 0.1) is 50.6 Å². The molecule has 2 aliphatic rings. The summed E-state index contributed by atoms with van der Waals surface area (Å²) in [4.78, 5) is 80.1. The third-order valence-corrected chi connectivity index (χ3v) is 26.5. The molecule has 0 fully saturated rings. The van der Waals surface area contributed by atoms with Crippen LogP contribution in [-0.2, 0) is 104 Å². The molecule has 666 valence electrons. The topological polar surface area (TPSA) is 251 Å². The minimum Gasteiger partial charge on any atom is -0.337 e. The van der Waals surface area contributed by atoms with E-state index in [1.807, 2.05) is 100 Å². The number of unbranched alkanes of at least 4 members (excludes halogenated alkanes) is 24. The summed E-state index contributed by atoms with van der Waals surface area (Å²) in [7, 11) is 0. The highest BCUT2D eigenvalue weighted by molar-refractivity contribution is 6.10. The minimum absolute atomic E-state index is 0.704. The number of aromatic amines is 2. The van der Waals surface area contributed by atoms with Gasteiger partial charge in [-0.3, -0.25) is 0 Å². The molecule has 128 heavy (non-hydrogen) atoms. The van der Waals surface area contributed by atoms with Gasteiger partial charge in [-0.15, -0.1) is 0 Å². The fourth-order valence-corrected chi connectivity index (χ4v) is 19.6. The summed E-state index contributed by atoms with van der Waals surface area (Å²) in [5.74, 6) is 2.81. The Morgan fingerprint density at radius 2 is 0.328 bits per heavy atom. The van der Waals surface area contributed by atoms with Crippen LogP contribution in [0.5, 0.6) is 0 Å². The Hall–Kier alpha value is -12.1. The number of benzene rings is 4. The molecule has 0 spiro atoms. The zero-order valence-corrected chi connectivity index (χ0v) is 75.3. The van der Waals surface area contributed by atoms with Crippen LogP contribution in [-0.4, -0.2) is 116 Å². The Balaban J connectivity index is 0.867. The number of hydrogen-bond acceptors (Lipinski definition) is 14. The van der Waals surface area contributed by atoms with Gasteiger partial charge in [-0.25, -0.2) is 69.8 Å². The largest absolute Gasteiger partial charge is 0.337 e. The predicted octanol–water partition coefficient (Wildman–Crippen LogP) is 22.9. The lowest BCUT2D eigenvalue weighted by molar-refractivity contribution is 0.571. The first kappa shape index (κ1) is 88.0. The van der Waals surface area contributed by atoms with Gasteiger partial charge in [-0.1, -0.05) is 151 Å². The van der Waals surface area contributed by atoms with Gasteiger partial charge in [-0.2, -0.15) is 0 Å². The van der Waals surface area contributed by atoms with Crippen molar-refractivity contribution in [1.82, 2.24) is 116 Å². The molecule has 0 radical (unpaired) electrons. The molecule has 24 nitrogen and oxygen atoms in total. The highest BCUT2D eigenvalue weighted by Gasteiger charge is 2.31. The Morgan fingerprint density at radius 1 is 0.172 bits per heavy atom. The van der Waals surface area contributed by atoms with Crippen LogP contribution >= 0.6 is 0 Å². The van der Waals surface area contributed by atoms with Crippen molar-refractivity contribution < 1.29 is 0 Å². The zero-order chi connectivity index (χ0) is 86.4. The lowest BCUT2D eigenvalue weighted by atomic mass is 9.91. The summed E-state index contributed by atoms with van der Waals surface area (Å²) in [6.07, 6.45) is 89.0. The van der Waals surface area contributed by atoms with Gasteiger partial charge in [0.2, 0.25) is 0 Å². The van der Waals surface area contributed by atoms with Crippen LogP contribution in [0.2, 0.25) is 0 Å². The second kappa shape index (κ2) is 46.1. The Kier molecular flexibility index (Phi) is 31.7. The van der Waals surface area contributed by atoms with E-state index in [2.05, 4.69) is 184 Å². The number of H-pyrrole nitrogens is 2. The fourth-order valence-electron chi connectivity index (χ4n) is 19.6. The minimum atomic E-state index is 0.704. The highest BCUT2D eigenvalue weighted by atomic mass is 15.1. The van der Waals surface area contributed by atoms with E-state index >= 15 is 0 Å². The third-order valence-electron chi connectivity index (χ3n) is 26.5. The molecule has 0 saturated heterocycles. The molecular weight excluding hydrogens is 1590 g/mol. The number of nitrogens with one attached hydrogen (secondary N) is 2. The van der Waals surface area contributed by atoms with Crippen molar-refractivity contribution in [1.29, 1.82) is 0 Å². The van der Waals surface area contributed by atoms with Gasteiger partial charge < -0.3 is 46.5 Å². The molecule has 0 unspecified atom stereocenters. The van der Waals surface area contributed by atoms with E-state index < -0.39 is 0 Å². The lowest BCUT2D eigenvalue weighted by Crippen LogP contribution is -1.99. The molecule has 0 saturated carbocycles. The number of aromatic nitrogens is 24. The van der Waals surface area contributed by atoms with Gasteiger partial charge in [-0.05, 0) is 199 Å². The normalized spacial score (nSPS) is 12.0. The number of nitrogens with zero attached hydrogens (tertiary/aromatic N) is 22. The summed E-state index contributed by atoms with van der Waals surface area (Å²) in [5, 5.41) is 4.53. The maximum atomic E-state index is 6.19. The molecular formula is C104H130N24. The first-order chi connectivity index (χ1) is 63.5. The van der Waals surface area contributed by atoms with E-state index in [1.165, 1.54) is 44.5 Å². The van der Waals surface area contributed by atoms with E-state index in [4.69, 9.17) is 29.9 Å². The van der Waals surface area contributed by atoms with E-state index in [-0.39, 0.29) is 0 Å². The van der Waals surface area contributed by atoms with Crippen LogP contribution < -0.4 is 0 Å². The van der Waals surface area contributed by atoms with Crippen molar-refractivity contribution in [2.75, 3.05) is 0 Å². The van der Waals surface area contributed by atoms with Crippen molar-refractivity contribution in [3.05, 3.63) is 243 Å². The maximum absolute atomic E-state index is 6.19. The summed E-state index contributed by atoms with van der Waals surface area (Å²) >= 11 is 0. The molecule has 0 atom stereocenters. The summed E-state index contributed by atoms with van der Waals surface area (Å²) in [6, 6.07) is 19.5. The van der Waals surface area contributed by atoms with Crippen molar-refractivity contribution in [2.45, 2.75) is 309 Å². The van der Waals surface area contributed by atoms with Crippen LogP contribution in [0, 0.1) is 0 Å². The molecule has 11 aromatic heterocycles. The van der Waals surface area contributed by atoms with Crippen LogP contribution in [0.15, 0.2) is 198 Å². The SMILES string of the molecule is c1cn(CCCCCCc2ccc(CCCCCCn3ccnc3)c3c2-c2nc-3nc3[nH]c(nc4nc(nc5[nH]c(n2)c2c(CCCCCCn6ccnc6)ccc(CCCCCCn6ccnc6)c52)-c2c(CCCCCCn5ccnc5)ccc(CCCCCCn5ccnc5)c2-4)c2c(CCCCCCn4ccnc4)ccc(CCCCCCn4ccnc4)c32)cn1. The number of rotatable bonds is 56. The number of fused-ring (bicyclic) bond motifs is 20.